The molecule has 2 aromatic heterocycles. The van der Waals surface area contributed by atoms with Crippen molar-refractivity contribution >= 4 is 11.7 Å². The van der Waals surface area contributed by atoms with Gasteiger partial charge in [0.15, 0.2) is 0 Å². The average Bonchev–Trinajstić information content (AvgIpc) is 2.56. The van der Waals surface area contributed by atoms with Crippen molar-refractivity contribution in [2.24, 2.45) is 0 Å². The van der Waals surface area contributed by atoms with Gasteiger partial charge in [0.2, 0.25) is 5.82 Å². The third-order valence-corrected chi connectivity index (χ3v) is 3.70. The molecule has 1 fully saturated rings. The molecule has 1 aliphatic rings. The van der Waals surface area contributed by atoms with Crippen LogP contribution in [-0.2, 0) is 0 Å². The molecule has 7 nitrogen and oxygen atoms in total. The minimum Gasteiger partial charge on any atom is -0.367 e. The van der Waals surface area contributed by atoms with Crippen LogP contribution in [0, 0.1) is 6.92 Å². The van der Waals surface area contributed by atoms with Crippen LogP contribution in [-0.4, -0.2) is 49.9 Å². The van der Waals surface area contributed by atoms with Crippen molar-refractivity contribution in [2.75, 3.05) is 18.4 Å². The van der Waals surface area contributed by atoms with Gasteiger partial charge in [0.1, 0.15) is 12.1 Å². The van der Waals surface area contributed by atoms with Gasteiger partial charge in [0, 0.05) is 43.3 Å². The van der Waals surface area contributed by atoms with Crippen LogP contribution < -0.4 is 5.32 Å². The third kappa shape index (κ3) is 3.36. The zero-order valence-electron chi connectivity index (χ0n) is 12.4. The molecule has 7 heteroatoms. The van der Waals surface area contributed by atoms with Gasteiger partial charge < -0.3 is 10.2 Å². The summed E-state index contributed by atoms with van der Waals surface area (Å²) in [5.41, 5.74) is 0.936. The lowest BCUT2D eigenvalue weighted by atomic mass is 10.0. The van der Waals surface area contributed by atoms with Crippen LogP contribution in [0.5, 0.6) is 0 Å². The number of rotatable bonds is 3. The summed E-state index contributed by atoms with van der Waals surface area (Å²) in [6.45, 7) is 3.33. The number of aromatic nitrogens is 4. The number of nitrogens with one attached hydrogen (secondary N) is 1. The van der Waals surface area contributed by atoms with E-state index >= 15 is 0 Å². The summed E-state index contributed by atoms with van der Waals surface area (Å²) in [5.74, 6) is 1.00. The molecule has 1 N–H and O–H groups in total. The van der Waals surface area contributed by atoms with E-state index < -0.39 is 0 Å². The Labute approximate surface area is 128 Å². The summed E-state index contributed by atoms with van der Waals surface area (Å²) < 4.78 is 0. The van der Waals surface area contributed by atoms with Crippen LogP contribution in [0.1, 0.15) is 29.2 Å². The fourth-order valence-electron chi connectivity index (χ4n) is 2.52. The molecule has 3 rings (SSSR count). The number of anilines is 1. The SMILES string of the molecule is Cc1cc(NC2CCN(C(=O)c3ncccn3)CC2)ncn1. The standard InChI is InChI=1S/C15H18N6O/c1-11-9-13(19-10-18-11)20-12-3-7-21(8-4-12)15(22)14-16-5-2-6-17-14/h2,5-6,9-10,12H,3-4,7-8H2,1H3,(H,18,19,20). The lowest BCUT2D eigenvalue weighted by molar-refractivity contribution is 0.0706. The Balaban J connectivity index is 1.55. The average molecular weight is 298 g/mol. The highest BCUT2D eigenvalue weighted by molar-refractivity contribution is 5.90. The molecule has 0 atom stereocenters. The molecule has 0 aromatic carbocycles. The maximum absolute atomic E-state index is 12.3. The van der Waals surface area contributed by atoms with Gasteiger partial charge in [-0.3, -0.25) is 4.79 Å². The summed E-state index contributed by atoms with van der Waals surface area (Å²) in [6.07, 6.45) is 6.49. The molecule has 0 radical (unpaired) electrons. The predicted molar refractivity (Wildman–Crippen MR) is 81.3 cm³/mol. The fraction of sp³-hybridized carbons (Fsp3) is 0.400. The largest absolute Gasteiger partial charge is 0.367 e. The first-order valence-corrected chi connectivity index (χ1v) is 7.34. The number of hydrogen-bond acceptors (Lipinski definition) is 6. The van der Waals surface area contributed by atoms with Gasteiger partial charge in [-0.1, -0.05) is 0 Å². The second-order valence-electron chi connectivity index (χ2n) is 5.33. The first-order valence-electron chi connectivity index (χ1n) is 7.34. The van der Waals surface area contributed by atoms with Gasteiger partial charge in [0.25, 0.3) is 5.91 Å². The van der Waals surface area contributed by atoms with Gasteiger partial charge in [-0.15, -0.1) is 0 Å². The van der Waals surface area contributed by atoms with E-state index in [-0.39, 0.29) is 11.7 Å². The summed E-state index contributed by atoms with van der Waals surface area (Å²) in [4.78, 5) is 30.4. The van der Waals surface area contributed by atoms with Crippen molar-refractivity contribution in [1.29, 1.82) is 0 Å². The fourth-order valence-corrected chi connectivity index (χ4v) is 2.52. The molecule has 3 heterocycles. The van der Waals surface area contributed by atoms with Crippen LogP contribution in [0.3, 0.4) is 0 Å². The van der Waals surface area contributed by atoms with E-state index in [9.17, 15) is 4.79 Å². The van der Waals surface area contributed by atoms with Crippen molar-refractivity contribution in [2.45, 2.75) is 25.8 Å². The van der Waals surface area contributed by atoms with E-state index in [1.165, 1.54) is 0 Å². The topological polar surface area (TPSA) is 83.9 Å². The maximum Gasteiger partial charge on any atom is 0.291 e. The lowest BCUT2D eigenvalue weighted by Crippen LogP contribution is -2.43. The minimum absolute atomic E-state index is 0.100. The van der Waals surface area contributed by atoms with Crippen LogP contribution in [0.4, 0.5) is 5.82 Å². The number of amides is 1. The Kier molecular flexibility index (Phi) is 4.22. The molecular weight excluding hydrogens is 280 g/mol. The van der Waals surface area contributed by atoms with Crippen LogP contribution in [0.2, 0.25) is 0 Å². The zero-order chi connectivity index (χ0) is 15.4. The van der Waals surface area contributed by atoms with E-state index in [1.54, 1.807) is 29.7 Å². The second kappa shape index (κ2) is 6.46. The molecule has 114 valence electrons. The van der Waals surface area contributed by atoms with E-state index in [4.69, 9.17) is 0 Å². The monoisotopic (exact) mass is 298 g/mol. The van der Waals surface area contributed by atoms with Crippen molar-refractivity contribution in [3.63, 3.8) is 0 Å². The number of carbonyl (C=O) groups excluding carboxylic acids is 1. The normalized spacial score (nSPS) is 15.6. The molecule has 0 aliphatic carbocycles. The smallest absolute Gasteiger partial charge is 0.291 e. The minimum atomic E-state index is -0.100. The number of carbonyl (C=O) groups is 1. The Hall–Kier alpha value is -2.57. The molecule has 2 aromatic rings. The van der Waals surface area contributed by atoms with E-state index in [0.29, 0.717) is 19.1 Å². The summed E-state index contributed by atoms with van der Waals surface area (Å²) >= 11 is 0. The number of piperidine rings is 1. The van der Waals surface area contributed by atoms with Crippen LogP contribution >= 0.6 is 0 Å². The molecule has 1 aliphatic heterocycles. The van der Waals surface area contributed by atoms with E-state index in [1.807, 2.05) is 13.0 Å². The lowest BCUT2D eigenvalue weighted by Gasteiger charge is -2.32. The number of likely N-dealkylation sites (tertiary alicyclic amines) is 1. The van der Waals surface area contributed by atoms with Crippen LogP contribution in [0.25, 0.3) is 0 Å². The highest BCUT2D eigenvalue weighted by Gasteiger charge is 2.25. The van der Waals surface area contributed by atoms with Gasteiger partial charge in [-0.2, -0.15) is 0 Å². The molecule has 0 saturated carbocycles. The Morgan fingerprint density at radius 2 is 1.91 bits per heavy atom. The van der Waals surface area contributed by atoms with Gasteiger partial charge in [0.05, 0.1) is 0 Å². The number of hydrogen-bond donors (Lipinski definition) is 1. The zero-order valence-corrected chi connectivity index (χ0v) is 12.4. The highest BCUT2D eigenvalue weighted by Crippen LogP contribution is 2.16. The Morgan fingerprint density at radius 3 is 2.59 bits per heavy atom. The summed E-state index contributed by atoms with van der Waals surface area (Å²) in [6, 6.07) is 3.95. The quantitative estimate of drug-likeness (QED) is 0.919. The van der Waals surface area contributed by atoms with E-state index in [2.05, 4.69) is 25.3 Å². The first kappa shape index (κ1) is 14.4. The van der Waals surface area contributed by atoms with Crippen molar-refractivity contribution in [1.82, 2.24) is 24.8 Å². The van der Waals surface area contributed by atoms with Gasteiger partial charge in [-0.05, 0) is 25.8 Å². The molecule has 0 unspecified atom stereocenters. The number of nitrogens with zero attached hydrogens (tertiary/aromatic N) is 5. The Bertz CT molecular complexity index is 639. The summed E-state index contributed by atoms with van der Waals surface area (Å²) in [5, 5.41) is 3.40. The van der Waals surface area contributed by atoms with Crippen molar-refractivity contribution < 1.29 is 4.79 Å². The Morgan fingerprint density at radius 1 is 1.18 bits per heavy atom. The molecule has 1 amide bonds. The second-order valence-corrected chi connectivity index (χ2v) is 5.33. The van der Waals surface area contributed by atoms with Crippen LogP contribution in [0.15, 0.2) is 30.9 Å². The van der Waals surface area contributed by atoms with Crippen molar-refractivity contribution in [3.8, 4) is 0 Å². The highest BCUT2D eigenvalue weighted by atomic mass is 16.2. The maximum atomic E-state index is 12.3. The van der Waals surface area contributed by atoms with Crippen molar-refractivity contribution in [3.05, 3.63) is 42.4 Å². The molecular formula is C15H18N6O. The summed E-state index contributed by atoms with van der Waals surface area (Å²) in [7, 11) is 0. The number of aryl methyl sites for hydroxylation is 1. The van der Waals surface area contributed by atoms with E-state index in [0.717, 1.165) is 24.4 Å². The molecule has 1 saturated heterocycles. The molecule has 0 spiro atoms. The first-order chi connectivity index (χ1) is 10.7. The predicted octanol–water partition coefficient (Wildman–Crippen LogP) is 1.29. The third-order valence-electron chi connectivity index (χ3n) is 3.70. The molecule has 22 heavy (non-hydrogen) atoms. The van der Waals surface area contributed by atoms with Gasteiger partial charge >= 0.3 is 0 Å². The van der Waals surface area contributed by atoms with Gasteiger partial charge in [-0.25, -0.2) is 19.9 Å². The molecule has 0 bridgehead atoms.